The highest BCUT2D eigenvalue weighted by molar-refractivity contribution is 6.07. The van der Waals surface area contributed by atoms with Crippen LogP contribution in [0.1, 0.15) is 42.1 Å². The van der Waals surface area contributed by atoms with E-state index >= 15 is 0 Å². The number of benzene rings is 1. The second-order valence-electron chi connectivity index (χ2n) is 6.49. The SMILES string of the molecule is C[C@]1(c2ccc(C(=O)N3CCCC[C@H]3CN)cc2)NC(=O)NC1=O. The molecule has 0 aromatic heterocycles. The molecule has 2 aliphatic rings. The van der Waals surface area contributed by atoms with Gasteiger partial charge in [-0.1, -0.05) is 12.1 Å². The van der Waals surface area contributed by atoms with Gasteiger partial charge in [0.05, 0.1) is 0 Å². The number of hydrogen-bond acceptors (Lipinski definition) is 4. The normalized spacial score (nSPS) is 26.9. The van der Waals surface area contributed by atoms with Crippen molar-refractivity contribution in [2.75, 3.05) is 13.1 Å². The van der Waals surface area contributed by atoms with E-state index in [9.17, 15) is 14.4 Å². The van der Waals surface area contributed by atoms with Gasteiger partial charge in [-0.25, -0.2) is 4.79 Å². The van der Waals surface area contributed by atoms with E-state index in [2.05, 4.69) is 10.6 Å². The van der Waals surface area contributed by atoms with Crippen LogP contribution in [-0.4, -0.2) is 41.9 Å². The molecule has 2 heterocycles. The zero-order valence-corrected chi connectivity index (χ0v) is 13.7. The first kappa shape index (κ1) is 16.4. The van der Waals surface area contributed by atoms with Crippen molar-refractivity contribution in [3.63, 3.8) is 0 Å². The second kappa shape index (κ2) is 6.24. The first-order valence-electron chi connectivity index (χ1n) is 8.21. The number of likely N-dealkylation sites (tertiary alicyclic amines) is 1. The van der Waals surface area contributed by atoms with Crippen molar-refractivity contribution in [3.8, 4) is 0 Å². The minimum atomic E-state index is -1.11. The van der Waals surface area contributed by atoms with Gasteiger partial charge in [0.2, 0.25) is 0 Å². The fourth-order valence-electron chi connectivity index (χ4n) is 3.37. The lowest BCUT2D eigenvalue weighted by atomic mass is 9.91. The summed E-state index contributed by atoms with van der Waals surface area (Å²) in [5, 5.41) is 4.84. The lowest BCUT2D eigenvalue weighted by Crippen LogP contribution is -2.47. The highest BCUT2D eigenvalue weighted by Crippen LogP contribution is 2.25. The molecule has 0 saturated carbocycles. The number of nitrogens with two attached hydrogens (primary N) is 1. The van der Waals surface area contributed by atoms with Crippen LogP contribution in [0.3, 0.4) is 0 Å². The summed E-state index contributed by atoms with van der Waals surface area (Å²) >= 11 is 0. The molecule has 2 atom stereocenters. The summed E-state index contributed by atoms with van der Waals surface area (Å²) in [4.78, 5) is 37.9. The van der Waals surface area contributed by atoms with Crippen LogP contribution in [0.2, 0.25) is 0 Å². The van der Waals surface area contributed by atoms with E-state index in [0.717, 1.165) is 25.8 Å². The standard InChI is InChI=1S/C17H22N4O3/c1-17(15(23)19-16(24)20-17)12-7-5-11(6-8-12)14(22)21-9-3-2-4-13(21)10-18/h5-8,13H,2-4,9-10,18H2,1H3,(H2,19,20,23,24)/t13-,17+/m0/s1. The van der Waals surface area contributed by atoms with Gasteiger partial charge in [0.1, 0.15) is 5.54 Å². The lowest BCUT2D eigenvalue weighted by Gasteiger charge is -2.35. The third-order valence-electron chi connectivity index (χ3n) is 4.91. The van der Waals surface area contributed by atoms with E-state index in [-0.39, 0.29) is 11.9 Å². The molecule has 4 N–H and O–H groups in total. The molecule has 2 aliphatic heterocycles. The van der Waals surface area contributed by atoms with Crippen LogP contribution in [0.4, 0.5) is 4.79 Å². The van der Waals surface area contributed by atoms with Crippen molar-refractivity contribution in [1.82, 2.24) is 15.5 Å². The van der Waals surface area contributed by atoms with Crippen LogP contribution in [0.5, 0.6) is 0 Å². The average molecular weight is 330 g/mol. The van der Waals surface area contributed by atoms with Crippen LogP contribution in [0.25, 0.3) is 0 Å². The van der Waals surface area contributed by atoms with E-state index in [1.807, 2.05) is 4.90 Å². The monoisotopic (exact) mass is 330 g/mol. The first-order valence-corrected chi connectivity index (χ1v) is 8.21. The Bertz CT molecular complexity index is 673. The highest BCUT2D eigenvalue weighted by Gasteiger charge is 2.43. The molecule has 128 valence electrons. The maximum atomic E-state index is 12.7. The highest BCUT2D eigenvalue weighted by atomic mass is 16.2. The number of urea groups is 1. The molecule has 0 aliphatic carbocycles. The molecule has 0 radical (unpaired) electrons. The van der Waals surface area contributed by atoms with Crippen molar-refractivity contribution in [2.24, 2.45) is 5.73 Å². The summed E-state index contributed by atoms with van der Waals surface area (Å²) < 4.78 is 0. The minimum absolute atomic E-state index is 0.0400. The minimum Gasteiger partial charge on any atom is -0.334 e. The van der Waals surface area contributed by atoms with Crippen molar-refractivity contribution >= 4 is 17.8 Å². The number of imide groups is 1. The third kappa shape index (κ3) is 2.75. The Morgan fingerprint density at radius 2 is 2.00 bits per heavy atom. The van der Waals surface area contributed by atoms with Crippen molar-refractivity contribution in [2.45, 2.75) is 37.8 Å². The Morgan fingerprint density at radius 3 is 2.58 bits per heavy atom. The third-order valence-corrected chi connectivity index (χ3v) is 4.91. The molecule has 2 fully saturated rings. The van der Waals surface area contributed by atoms with Gasteiger partial charge in [-0.2, -0.15) is 0 Å². The zero-order chi connectivity index (χ0) is 17.3. The number of carbonyl (C=O) groups excluding carboxylic acids is 3. The quantitative estimate of drug-likeness (QED) is 0.709. The Morgan fingerprint density at radius 1 is 1.29 bits per heavy atom. The Labute approximate surface area is 140 Å². The molecule has 0 unspecified atom stereocenters. The maximum Gasteiger partial charge on any atom is 0.322 e. The van der Waals surface area contributed by atoms with Crippen molar-refractivity contribution < 1.29 is 14.4 Å². The molecule has 7 heteroatoms. The molecule has 4 amide bonds. The number of hydrogen-bond donors (Lipinski definition) is 3. The second-order valence-corrected chi connectivity index (χ2v) is 6.49. The summed E-state index contributed by atoms with van der Waals surface area (Å²) in [6.07, 6.45) is 3.02. The van der Waals surface area contributed by atoms with E-state index in [0.29, 0.717) is 17.7 Å². The van der Waals surface area contributed by atoms with Gasteiger partial charge < -0.3 is 16.0 Å². The molecule has 3 rings (SSSR count). The number of rotatable bonds is 3. The van der Waals surface area contributed by atoms with E-state index in [1.165, 1.54) is 0 Å². The molecule has 1 aromatic carbocycles. The molecule has 0 spiro atoms. The Hall–Kier alpha value is -2.41. The smallest absolute Gasteiger partial charge is 0.322 e. The molecular formula is C17H22N4O3. The van der Waals surface area contributed by atoms with Crippen molar-refractivity contribution in [3.05, 3.63) is 35.4 Å². The number of nitrogens with zero attached hydrogens (tertiary/aromatic N) is 1. The van der Waals surface area contributed by atoms with Gasteiger partial charge in [-0.3, -0.25) is 14.9 Å². The summed E-state index contributed by atoms with van der Waals surface area (Å²) in [6.45, 7) is 2.83. The van der Waals surface area contributed by atoms with E-state index < -0.39 is 17.5 Å². The number of piperidine rings is 1. The number of amides is 4. The summed E-state index contributed by atoms with van der Waals surface area (Å²) in [7, 11) is 0. The molecule has 7 nitrogen and oxygen atoms in total. The molecule has 0 bridgehead atoms. The Balaban J connectivity index is 1.80. The lowest BCUT2D eigenvalue weighted by molar-refractivity contribution is -0.123. The number of nitrogens with one attached hydrogen (secondary N) is 2. The van der Waals surface area contributed by atoms with Crippen molar-refractivity contribution in [1.29, 1.82) is 0 Å². The van der Waals surface area contributed by atoms with Gasteiger partial charge in [0.15, 0.2) is 0 Å². The van der Waals surface area contributed by atoms with Crippen LogP contribution in [0.15, 0.2) is 24.3 Å². The predicted octanol–water partition coefficient (Wildman–Crippen LogP) is 0.695. The largest absolute Gasteiger partial charge is 0.334 e. The topological polar surface area (TPSA) is 105 Å². The van der Waals surface area contributed by atoms with Crippen LogP contribution in [0, 0.1) is 0 Å². The summed E-state index contributed by atoms with van der Waals surface area (Å²) in [5.74, 6) is -0.437. The van der Waals surface area contributed by atoms with Crippen LogP contribution in [-0.2, 0) is 10.3 Å². The predicted molar refractivity (Wildman–Crippen MR) is 88.2 cm³/mol. The molecule has 24 heavy (non-hydrogen) atoms. The zero-order valence-electron chi connectivity index (χ0n) is 13.7. The molecule has 2 saturated heterocycles. The van der Waals surface area contributed by atoms with Gasteiger partial charge in [-0.05, 0) is 43.9 Å². The van der Waals surface area contributed by atoms with Gasteiger partial charge in [0, 0.05) is 24.7 Å². The Kier molecular flexibility index (Phi) is 4.28. The number of carbonyl (C=O) groups is 3. The van der Waals surface area contributed by atoms with E-state index in [1.54, 1.807) is 31.2 Å². The maximum absolute atomic E-state index is 12.7. The van der Waals surface area contributed by atoms with Gasteiger partial charge in [-0.15, -0.1) is 0 Å². The molecular weight excluding hydrogens is 308 g/mol. The molecule has 1 aromatic rings. The van der Waals surface area contributed by atoms with Gasteiger partial charge in [0.25, 0.3) is 11.8 Å². The van der Waals surface area contributed by atoms with Gasteiger partial charge >= 0.3 is 6.03 Å². The summed E-state index contributed by atoms with van der Waals surface area (Å²) in [6, 6.07) is 6.39. The summed E-state index contributed by atoms with van der Waals surface area (Å²) in [5.41, 5.74) is 5.87. The average Bonchev–Trinajstić information content (AvgIpc) is 2.87. The first-order chi connectivity index (χ1) is 11.5. The van der Waals surface area contributed by atoms with E-state index in [4.69, 9.17) is 5.73 Å². The van der Waals surface area contributed by atoms with Crippen LogP contribution >= 0.6 is 0 Å². The fourth-order valence-corrected chi connectivity index (χ4v) is 3.37. The van der Waals surface area contributed by atoms with Crippen LogP contribution < -0.4 is 16.4 Å². The fraction of sp³-hybridized carbons (Fsp3) is 0.471.